The van der Waals surface area contributed by atoms with Crippen LogP contribution >= 0.6 is 8.58 Å². The Kier molecular flexibility index (Phi) is 4.67. The van der Waals surface area contributed by atoms with Crippen LogP contribution in [-0.4, -0.2) is 5.48 Å². The zero-order chi connectivity index (χ0) is 10.7. The molecule has 2 aromatic carbocycles. The highest BCUT2D eigenvalue weighted by molar-refractivity contribution is 7.55. The summed E-state index contributed by atoms with van der Waals surface area (Å²) >= 11 is 0. The molecule has 0 unspecified atom stereocenters. The molecule has 2 heteroatoms. The maximum atomic E-state index is 2.24. The van der Waals surface area contributed by atoms with Crippen molar-refractivity contribution in [2.75, 3.05) is 0 Å². The second-order valence-corrected chi connectivity index (χ2v) is 5.05. The van der Waals surface area contributed by atoms with Crippen LogP contribution in [0.25, 0.3) is 0 Å². The molecule has 0 atom stereocenters. The minimum atomic E-state index is 0. The number of hydrogen-bond donors (Lipinski definition) is 0. The molecule has 2 aromatic rings. The van der Waals surface area contributed by atoms with Gasteiger partial charge in [-0.05, 0) is 33.0 Å². The Bertz CT molecular complexity index is 422. The van der Waals surface area contributed by atoms with Crippen molar-refractivity contribution in [1.82, 2.24) is 0 Å². The summed E-state index contributed by atoms with van der Waals surface area (Å²) in [6, 6.07) is 17.3. The third-order valence-corrected chi connectivity index (χ3v) is 3.33. The lowest BCUT2D eigenvalue weighted by Crippen LogP contribution is -2.03. The first-order valence-corrected chi connectivity index (χ1v) is 5.98. The molecule has 0 aromatic heterocycles. The van der Waals surface area contributed by atoms with Crippen molar-refractivity contribution in [1.29, 1.82) is 0 Å². The van der Waals surface area contributed by atoms with Gasteiger partial charge in [0.25, 0.3) is 0 Å². The molecule has 1 nitrogen and oxygen atoms in total. The third-order valence-electron chi connectivity index (χ3n) is 2.26. The molecule has 0 heterocycles. The maximum Gasteiger partial charge on any atom is -0.0100 e. The summed E-state index contributed by atoms with van der Waals surface area (Å²) in [5.41, 5.74) is 2.65. The Morgan fingerprint density at radius 1 is 0.750 bits per heavy atom. The SMILES string of the molecule is Cc1cccc([P]c2cccc(C)c2)c1.O. The van der Waals surface area contributed by atoms with Crippen molar-refractivity contribution in [3.05, 3.63) is 59.7 Å². The van der Waals surface area contributed by atoms with Gasteiger partial charge in [0, 0.05) is 0 Å². The molecule has 0 aliphatic carbocycles. The maximum absolute atomic E-state index is 2.24. The summed E-state index contributed by atoms with van der Waals surface area (Å²) in [6.07, 6.45) is 0. The molecule has 0 aliphatic heterocycles. The number of hydrogen-bond acceptors (Lipinski definition) is 0. The fraction of sp³-hybridized carbons (Fsp3) is 0.143. The zero-order valence-electron chi connectivity index (χ0n) is 9.57. The Balaban J connectivity index is 0.00000128. The predicted molar refractivity (Wildman–Crippen MR) is 72.2 cm³/mol. The molecule has 0 bridgehead atoms. The quantitative estimate of drug-likeness (QED) is 0.711. The van der Waals surface area contributed by atoms with Crippen LogP contribution in [0.1, 0.15) is 11.1 Å². The molecule has 0 amide bonds. The standard InChI is InChI=1S/C14H14P.H2O/c1-11-5-3-7-13(9-11)15-14-8-4-6-12(2)10-14;/h3-10H,1-2H3;1H2. The monoisotopic (exact) mass is 231 g/mol. The highest BCUT2D eigenvalue weighted by atomic mass is 31.1. The lowest BCUT2D eigenvalue weighted by molar-refractivity contribution is 0.824. The van der Waals surface area contributed by atoms with E-state index in [4.69, 9.17) is 0 Å². The average Bonchev–Trinajstić information content (AvgIpc) is 2.17. The summed E-state index contributed by atoms with van der Waals surface area (Å²) in [6.45, 7) is 4.27. The molecular formula is C14H16OP. The van der Waals surface area contributed by atoms with Crippen LogP contribution in [0.2, 0.25) is 0 Å². The largest absolute Gasteiger partial charge is 0.412 e. The predicted octanol–water partition coefficient (Wildman–Crippen LogP) is 2.38. The van der Waals surface area contributed by atoms with E-state index in [1.807, 2.05) is 0 Å². The van der Waals surface area contributed by atoms with Crippen molar-refractivity contribution in [3.63, 3.8) is 0 Å². The Morgan fingerprint density at radius 3 is 1.56 bits per heavy atom. The lowest BCUT2D eigenvalue weighted by Gasteiger charge is -2.03. The summed E-state index contributed by atoms with van der Waals surface area (Å²) in [7, 11) is 1.29. The molecule has 0 fully saturated rings. The first kappa shape index (κ1) is 12.9. The van der Waals surface area contributed by atoms with E-state index in [0.717, 1.165) is 0 Å². The average molecular weight is 231 g/mol. The second kappa shape index (κ2) is 5.79. The summed E-state index contributed by atoms with van der Waals surface area (Å²) in [5.74, 6) is 0. The lowest BCUT2D eigenvalue weighted by atomic mass is 10.2. The highest BCUT2D eigenvalue weighted by Gasteiger charge is 1.97. The fourth-order valence-electron chi connectivity index (χ4n) is 1.54. The molecule has 0 saturated carbocycles. The topological polar surface area (TPSA) is 31.5 Å². The Hall–Kier alpha value is -1.17. The van der Waals surface area contributed by atoms with Gasteiger partial charge in [-0.2, -0.15) is 0 Å². The highest BCUT2D eigenvalue weighted by Crippen LogP contribution is 2.12. The first-order chi connectivity index (χ1) is 7.24. The van der Waals surface area contributed by atoms with E-state index >= 15 is 0 Å². The smallest absolute Gasteiger partial charge is 0.0100 e. The molecule has 2 N–H and O–H groups in total. The van der Waals surface area contributed by atoms with Gasteiger partial charge in [0.05, 0.1) is 0 Å². The van der Waals surface area contributed by atoms with Gasteiger partial charge in [-0.15, -0.1) is 0 Å². The number of benzene rings is 2. The van der Waals surface area contributed by atoms with Gasteiger partial charge in [-0.25, -0.2) is 0 Å². The second-order valence-electron chi connectivity index (χ2n) is 3.79. The van der Waals surface area contributed by atoms with Crippen molar-refractivity contribution < 1.29 is 5.48 Å². The van der Waals surface area contributed by atoms with Gasteiger partial charge in [0.2, 0.25) is 0 Å². The molecule has 0 aliphatic rings. The first-order valence-electron chi connectivity index (χ1n) is 5.09. The van der Waals surface area contributed by atoms with Crippen LogP contribution in [0.5, 0.6) is 0 Å². The van der Waals surface area contributed by atoms with E-state index < -0.39 is 0 Å². The molecule has 2 rings (SSSR count). The van der Waals surface area contributed by atoms with Crippen molar-refractivity contribution in [2.24, 2.45) is 0 Å². The van der Waals surface area contributed by atoms with Gasteiger partial charge in [-0.1, -0.05) is 59.7 Å². The molecule has 16 heavy (non-hydrogen) atoms. The van der Waals surface area contributed by atoms with Crippen molar-refractivity contribution in [2.45, 2.75) is 13.8 Å². The van der Waals surface area contributed by atoms with Crippen LogP contribution in [-0.2, 0) is 0 Å². The molecule has 83 valence electrons. The molecule has 0 saturated heterocycles. The van der Waals surface area contributed by atoms with Gasteiger partial charge in [-0.3, -0.25) is 0 Å². The van der Waals surface area contributed by atoms with Crippen LogP contribution in [0.3, 0.4) is 0 Å². The van der Waals surface area contributed by atoms with E-state index in [1.165, 1.54) is 30.3 Å². The number of rotatable bonds is 2. The van der Waals surface area contributed by atoms with Crippen LogP contribution < -0.4 is 10.6 Å². The Morgan fingerprint density at radius 2 is 1.19 bits per heavy atom. The van der Waals surface area contributed by atoms with Crippen molar-refractivity contribution in [3.8, 4) is 0 Å². The van der Waals surface area contributed by atoms with Crippen LogP contribution in [0.4, 0.5) is 0 Å². The van der Waals surface area contributed by atoms with Crippen LogP contribution in [0.15, 0.2) is 48.5 Å². The van der Waals surface area contributed by atoms with Gasteiger partial charge in [0.15, 0.2) is 0 Å². The molecule has 1 radical (unpaired) electrons. The van der Waals surface area contributed by atoms with Crippen molar-refractivity contribution >= 4 is 19.2 Å². The van der Waals surface area contributed by atoms with Gasteiger partial charge < -0.3 is 5.48 Å². The fourth-order valence-corrected chi connectivity index (χ4v) is 2.70. The summed E-state index contributed by atoms with van der Waals surface area (Å²) < 4.78 is 0. The normalized spacial score (nSPS) is 9.62. The third kappa shape index (κ3) is 3.44. The van der Waals surface area contributed by atoms with Gasteiger partial charge >= 0.3 is 0 Å². The zero-order valence-corrected chi connectivity index (χ0v) is 10.5. The molecular weight excluding hydrogens is 215 g/mol. The summed E-state index contributed by atoms with van der Waals surface area (Å²) in [4.78, 5) is 0. The summed E-state index contributed by atoms with van der Waals surface area (Å²) in [5, 5.41) is 2.72. The van der Waals surface area contributed by atoms with E-state index in [2.05, 4.69) is 62.4 Å². The minimum Gasteiger partial charge on any atom is -0.412 e. The van der Waals surface area contributed by atoms with E-state index in [-0.39, 0.29) is 5.48 Å². The van der Waals surface area contributed by atoms with Gasteiger partial charge in [0.1, 0.15) is 0 Å². The van der Waals surface area contributed by atoms with Crippen LogP contribution in [0, 0.1) is 13.8 Å². The van der Waals surface area contributed by atoms with E-state index in [0.29, 0.717) is 0 Å². The molecule has 0 spiro atoms. The van der Waals surface area contributed by atoms with E-state index in [1.54, 1.807) is 0 Å². The Labute approximate surface area is 98.6 Å². The van der Waals surface area contributed by atoms with E-state index in [9.17, 15) is 0 Å². The minimum absolute atomic E-state index is 0. The number of aryl methyl sites for hydroxylation is 2.